The second-order valence-electron chi connectivity index (χ2n) is 23.9. The van der Waals surface area contributed by atoms with Gasteiger partial charge in [-0.3, -0.25) is 4.79 Å². The van der Waals surface area contributed by atoms with E-state index in [1.165, 1.54) is 23.1 Å². The number of carbonyl (C=O) groups is 1. The van der Waals surface area contributed by atoms with Crippen LogP contribution >= 0.6 is 0 Å². The number of nitrogens with two attached hydrogens (primary N) is 1. The van der Waals surface area contributed by atoms with Crippen molar-refractivity contribution in [2.45, 2.75) is 165 Å². The second kappa shape index (κ2) is 21.4. The van der Waals surface area contributed by atoms with Crippen molar-refractivity contribution >= 4 is 11.7 Å². The highest BCUT2D eigenvalue weighted by Gasteiger charge is 2.49. The van der Waals surface area contributed by atoms with Gasteiger partial charge in [-0.15, -0.1) is 0 Å². The van der Waals surface area contributed by atoms with E-state index in [-0.39, 0.29) is 90.1 Å². The number of rotatable bonds is 10. The van der Waals surface area contributed by atoms with E-state index in [1.807, 2.05) is 18.2 Å². The van der Waals surface area contributed by atoms with Gasteiger partial charge in [0.05, 0.1) is 37.5 Å². The van der Waals surface area contributed by atoms with E-state index in [0.29, 0.717) is 68.3 Å². The molecule has 11 rings (SSSR count). The highest BCUT2D eigenvalue weighted by atomic mass is 16.5. The number of ether oxygens (including phenoxy) is 2. The Bertz CT molecular complexity index is 2800. The summed E-state index contributed by atoms with van der Waals surface area (Å²) in [6.07, 6.45) is 23.0. The number of Topliss-reactive ketones (excluding diaryl/α,β-unsaturated/α-hetero) is 1. The van der Waals surface area contributed by atoms with E-state index in [4.69, 9.17) is 20.2 Å². The lowest BCUT2D eigenvalue weighted by Crippen LogP contribution is -2.50. The van der Waals surface area contributed by atoms with Crippen LogP contribution in [0.25, 0.3) is 0 Å². The summed E-state index contributed by atoms with van der Waals surface area (Å²) in [6, 6.07) is 16.9. The molecule has 10 nitrogen and oxygen atoms in total. The molecule has 7 N–H and O–H groups in total. The molecule has 3 fully saturated rings. The van der Waals surface area contributed by atoms with Crippen molar-refractivity contribution in [2.75, 3.05) is 26.9 Å². The van der Waals surface area contributed by atoms with Gasteiger partial charge in [0.15, 0.2) is 23.2 Å². The van der Waals surface area contributed by atoms with Gasteiger partial charge in [-0.25, -0.2) is 4.99 Å². The minimum Gasteiger partial charge on any atom is -0.508 e. The van der Waals surface area contributed by atoms with Crippen LogP contribution in [0, 0.1) is 46.8 Å². The van der Waals surface area contributed by atoms with Gasteiger partial charge < -0.3 is 41.0 Å². The van der Waals surface area contributed by atoms with E-state index < -0.39 is 5.41 Å². The zero-order valence-corrected chi connectivity index (χ0v) is 43.8. The summed E-state index contributed by atoms with van der Waals surface area (Å²) < 4.78 is 13.2. The Morgan fingerprint density at radius 3 is 2.59 bits per heavy atom. The molecular formula is C64H79N3O7. The van der Waals surface area contributed by atoms with Crippen LogP contribution in [-0.2, 0) is 27.9 Å². The maximum Gasteiger partial charge on any atom is 0.189 e. The molecule has 1 spiro atoms. The first-order chi connectivity index (χ1) is 36.0. The molecule has 3 aromatic rings. The Balaban J connectivity index is 1.09. The molecule has 10 heteroatoms. The molecule has 74 heavy (non-hydrogen) atoms. The minimum atomic E-state index is -0.449. The molecule has 9 atom stereocenters. The van der Waals surface area contributed by atoms with Gasteiger partial charge >= 0.3 is 0 Å². The predicted molar refractivity (Wildman–Crippen MR) is 290 cm³/mol. The van der Waals surface area contributed by atoms with E-state index in [0.717, 1.165) is 110 Å². The van der Waals surface area contributed by atoms with E-state index >= 15 is 0 Å². The van der Waals surface area contributed by atoms with Crippen molar-refractivity contribution < 1.29 is 34.7 Å². The maximum absolute atomic E-state index is 14.8. The number of aliphatic hydroxyl groups is 2. The quantitative estimate of drug-likeness (QED) is 0.0856. The molecule has 3 aromatic carbocycles. The average molecular weight is 1000 g/mol. The number of hydrogen-bond donors (Lipinski definition) is 6. The fourth-order valence-electron chi connectivity index (χ4n) is 15.8. The molecule has 0 amide bonds. The summed E-state index contributed by atoms with van der Waals surface area (Å²) in [7, 11) is 1.78. The molecule has 1 heterocycles. The number of ketones is 1. The number of hydrogen-bond acceptors (Lipinski definition) is 10. The van der Waals surface area contributed by atoms with Gasteiger partial charge in [0.25, 0.3) is 0 Å². The summed E-state index contributed by atoms with van der Waals surface area (Å²) in [5, 5.41) is 50.2. The van der Waals surface area contributed by atoms with E-state index in [2.05, 4.69) is 72.6 Å². The van der Waals surface area contributed by atoms with Gasteiger partial charge in [-0.1, -0.05) is 92.2 Å². The number of aliphatic imine (C=N–C) groups is 1. The number of aryl methyl sites for hydroxylation is 1. The first kappa shape index (κ1) is 50.8. The third kappa shape index (κ3) is 9.75. The number of nitrogens with zero attached hydrogens (tertiary/aromatic N) is 1. The predicted octanol–water partition coefficient (Wildman–Crippen LogP) is 10.9. The van der Waals surface area contributed by atoms with Crippen LogP contribution in [0.1, 0.15) is 173 Å². The highest BCUT2D eigenvalue weighted by molar-refractivity contribution is 5.96. The lowest BCUT2D eigenvalue weighted by Gasteiger charge is -2.49. The van der Waals surface area contributed by atoms with Crippen LogP contribution in [0.4, 0.5) is 0 Å². The number of guanidine groups is 1. The first-order valence-electron chi connectivity index (χ1n) is 28.4. The third-order valence-electron chi connectivity index (χ3n) is 19.3. The van der Waals surface area contributed by atoms with Gasteiger partial charge in [-0.2, -0.15) is 0 Å². The zero-order valence-electron chi connectivity index (χ0n) is 43.8. The van der Waals surface area contributed by atoms with Crippen molar-refractivity contribution in [2.24, 2.45) is 45.7 Å². The number of aliphatic hydroxyl groups excluding tert-OH is 2. The summed E-state index contributed by atoms with van der Waals surface area (Å²) >= 11 is 0. The topological polar surface area (TPSA) is 167 Å². The molecule has 3 saturated carbocycles. The number of phenolic OH excluding ortho intramolecular Hbond substituents is 2. The summed E-state index contributed by atoms with van der Waals surface area (Å²) in [5.41, 5.74) is 16.2. The molecular weight excluding hydrogens is 923 g/mol. The number of nitrogens with one attached hydrogen (secondary N) is 1. The van der Waals surface area contributed by atoms with Crippen LogP contribution in [0.15, 0.2) is 88.5 Å². The largest absolute Gasteiger partial charge is 0.508 e. The van der Waals surface area contributed by atoms with Crippen molar-refractivity contribution in [1.29, 1.82) is 0 Å². The van der Waals surface area contributed by atoms with E-state index in [1.54, 1.807) is 7.11 Å². The summed E-state index contributed by atoms with van der Waals surface area (Å²) in [4.78, 5) is 20.2. The maximum atomic E-state index is 14.8. The van der Waals surface area contributed by atoms with Crippen molar-refractivity contribution in [3.8, 4) is 29.1 Å². The van der Waals surface area contributed by atoms with Crippen LogP contribution in [-0.4, -0.2) is 71.2 Å². The summed E-state index contributed by atoms with van der Waals surface area (Å²) in [5.74, 6) is 8.58. The Morgan fingerprint density at radius 1 is 0.959 bits per heavy atom. The van der Waals surface area contributed by atoms with Gasteiger partial charge in [0, 0.05) is 48.3 Å². The first-order valence-corrected chi connectivity index (χ1v) is 28.4. The molecule has 7 aliphatic carbocycles. The van der Waals surface area contributed by atoms with Crippen molar-refractivity contribution in [3.05, 3.63) is 122 Å². The Hall–Kier alpha value is -5.34. The smallest absolute Gasteiger partial charge is 0.189 e. The lowest BCUT2D eigenvalue weighted by atomic mass is 9.55. The fourth-order valence-corrected chi connectivity index (χ4v) is 15.8. The molecule has 0 saturated heterocycles. The Kier molecular flexibility index (Phi) is 14.7. The molecule has 8 bridgehead atoms. The molecule has 0 unspecified atom stereocenters. The van der Waals surface area contributed by atoms with Crippen LogP contribution < -0.4 is 15.8 Å². The number of benzene rings is 3. The number of allylic oxidation sites excluding steroid dienone is 4. The van der Waals surface area contributed by atoms with Crippen LogP contribution in [0.5, 0.6) is 17.2 Å². The number of carbonyl (C=O) groups excluding carboxylic acids is 1. The van der Waals surface area contributed by atoms with Gasteiger partial charge in [-0.05, 0) is 183 Å². The normalized spacial score (nSPS) is 30.3. The lowest BCUT2D eigenvalue weighted by molar-refractivity contribution is -0.116. The average Bonchev–Trinajstić information content (AvgIpc) is 3.94. The third-order valence-corrected chi connectivity index (χ3v) is 19.3. The molecule has 1 aliphatic heterocycles. The minimum absolute atomic E-state index is 0.00231. The SMILES string of the molecule is COC[C@H]1[C@@H]2c3c(O)c(OC4CCCC4)cc(CCC(=O)C4=C(CO)[C@H]5CCC=C[C@@]5(CO)CC4)c3C#CC[C@H]3C[C@H]1C=C1[C@@H](C[C@H](C)C[C@@H]12)c1cc(O)cc(c1)Cc1cccc(c1)C1(CCCCC1)NC(N)=N3. The monoisotopic (exact) mass is 1000 g/mol. The fraction of sp³-hybridized carbons (Fsp3) is 0.562. The highest BCUT2D eigenvalue weighted by Crippen LogP contribution is 2.60. The number of methoxy groups -OCH3 is 1. The van der Waals surface area contributed by atoms with Crippen LogP contribution in [0.2, 0.25) is 0 Å². The molecule has 0 radical (unpaired) electrons. The van der Waals surface area contributed by atoms with Gasteiger partial charge in [0.2, 0.25) is 0 Å². The van der Waals surface area contributed by atoms with Crippen molar-refractivity contribution in [1.82, 2.24) is 5.32 Å². The Morgan fingerprint density at radius 2 is 1.80 bits per heavy atom. The van der Waals surface area contributed by atoms with Gasteiger partial charge in [0.1, 0.15) is 5.75 Å². The number of phenols is 2. The second-order valence-corrected chi connectivity index (χ2v) is 23.9. The standard InChI is InChI=1S/C64H79N3O7/c1-39-26-51-43-29-41(31-47(70)33-43)28-40-12-10-13-45(30-40)64(23-7-3-8-24-64)67-62(65)66-46-14-11-17-49-42(19-20-57(71)50-21-25-63(38-69)22-9-6-18-56(63)54(50)36-68)35-58(74-48-15-4-5-16-48)61(72)60(49)59-53(27-39)52(51)34-44(32-46)55(59)37-73-2/h9-10,12-13,22,29-31,33-35,39,44,46,48,51,53,55-56,59,68-70,72H,3-8,14-16,18-21,23-28,32,36-38H2,1-2H3,(H3,65,66,67)/t39-,44-,46-,51-,53-,55+,56+,59+,63-/m0/s1. The molecule has 392 valence electrons. The summed E-state index contributed by atoms with van der Waals surface area (Å²) in [6.45, 7) is 2.58. The van der Waals surface area contributed by atoms with Crippen molar-refractivity contribution in [3.63, 3.8) is 0 Å². The molecule has 0 aromatic heterocycles. The number of aromatic hydroxyl groups is 2. The Labute approximate surface area is 439 Å². The molecule has 8 aliphatic rings. The van der Waals surface area contributed by atoms with Crippen LogP contribution in [0.3, 0.4) is 0 Å². The zero-order chi connectivity index (χ0) is 51.1. The number of fused-ring (bicyclic) bond motifs is 12. The van der Waals surface area contributed by atoms with E-state index in [9.17, 15) is 25.2 Å².